The molecule has 0 aromatic carbocycles. The summed E-state index contributed by atoms with van der Waals surface area (Å²) in [6.45, 7) is -1.08. The van der Waals surface area contributed by atoms with Crippen molar-refractivity contribution in [3.8, 4) is 0 Å². The van der Waals surface area contributed by atoms with Crippen molar-refractivity contribution in [1.82, 2.24) is 9.78 Å². The van der Waals surface area contributed by atoms with Crippen molar-refractivity contribution in [3.05, 3.63) is 11.3 Å². The third-order valence-electron chi connectivity index (χ3n) is 2.48. The van der Waals surface area contributed by atoms with Gasteiger partial charge >= 0.3 is 12.1 Å². The van der Waals surface area contributed by atoms with Gasteiger partial charge in [0.05, 0.1) is 32.5 Å². The Bertz CT molecular complexity index is 488. The van der Waals surface area contributed by atoms with Crippen molar-refractivity contribution < 1.29 is 32.2 Å². The standard InChI is InChI=1S/C11H16F3N3O4/c1-19-3-4-21-5-7-8(10(18)20-2)16-17(9(7)15)6-11(12,13)14/h3-6,15H2,1-2H3. The molecule has 0 saturated heterocycles. The molecule has 2 N–H and O–H groups in total. The van der Waals surface area contributed by atoms with E-state index in [1.165, 1.54) is 7.11 Å². The number of ether oxygens (including phenoxy) is 3. The molecule has 1 heterocycles. The first-order chi connectivity index (χ1) is 9.80. The van der Waals surface area contributed by atoms with Crippen molar-refractivity contribution in [1.29, 1.82) is 0 Å². The second kappa shape index (κ2) is 7.27. The van der Waals surface area contributed by atoms with E-state index in [4.69, 9.17) is 15.2 Å². The number of anilines is 1. The maximum absolute atomic E-state index is 12.4. The average Bonchev–Trinajstić information content (AvgIpc) is 2.69. The minimum atomic E-state index is -4.51. The number of nitrogen functional groups attached to an aromatic ring is 1. The fraction of sp³-hybridized carbons (Fsp3) is 0.636. The number of rotatable bonds is 7. The number of halogens is 3. The van der Waals surface area contributed by atoms with Gasteiger partial charge in [-0.1, -0.05) is 0 Å². The van der Waals surface area contributed by atoms with Crippen LogP contribution in [0.25, 0.3) is 0 Å². The molecule has 1 rings (SSSR count). The zero-order chi connectivity index (χ0) is 16.0. The molecule has 0 fully saturated rings. The Morgan fingerprint density at radius 2 is 2.00 bits per heavy atom. The minimum Gasteiger partial charge on any atom is -0.464 e. The summed E-state index contributed by atoms with van der Waals surface area (Å²) in [6, 6.07) is 0. The first kappa shape index (κ1) is 17.2. The number of hydrogen-bond acceptors (Lipinski definition) is 6. The van der Waals surface area contributed by atoms with E-state index in [-0.39, 0.29) is 30.3 Å². The van der Waals surface area contributed by atoms with E-state index in [0.717, 1.165) is 7.11 Å². The van der Waals surface area contributed by atoms with Gasteiger partial charge in [0.25, 0.3) is 0 Å². The lowest BCUT2D eigenvalue weighted by Crippen LogP contribution is -2.20. The van der Waals surface area contributed by atoms with Gasteiger partial charge in [0.2, 0.25) is 0 Å². The molecule has 0 radical (unpaired) electrons. The van der Waals surface area contributed by atoms with Gasteiger partial charge in [-0.15, -0.1) is 0 Å². The smallest absolute Gasteiger partial charge is 0.408 e. The molecule has 10 heteroatoms. The lowest BCUT2D eigenvalue weighted by atomic mass is 10.2. The van der Waals surface area contributed by atoms with Crippen molar-refractivity contribution >= 4 is 11.8 Å². The second-order valence-corrected chi connectivity index (χ2v) is 4.02. The second-order valence-electron chi connectivity index (χ2n) is 4.02. The first-order valence-electron chi connectivity index (χ1n) is 5.87. The zero-order valence-electron chi connectivity index (χ0n) is 11.6. The highest BCUT2D eigenvalue weighted by atomic mass is 19.4. The number of carbonyl (C=O) groups excluding carboxylic acids is 1. The molecule has 0 aliphatic rings. The summed E-state index contributed by atoms with van der Waals surface area (Å²) in [7, 11) is 2.57. The van der Waals surface area contributed by atoms with Crippen LogP contribution in [0, 0.1) is 0 Å². The number of carbonyl (C=O) groups is 1. The van der Waals surface area contributed by atoms with Gasteiger partial charge in [0, 0.05) is 7.11 Å². The molecule has 0 atom stereocenters. The van der Waals surface area contributed by atoms with E-state index in [2.05, 4.69) is 9.84 Å². The predicted molar refractivity (Wildman–Crippen MR) is 65.6 cm³/mol. The van der Waals surface area contributed by atoms with Crippen LogP contribution < -0.4 is 5.73 Å². The van der Waals surface area contributed by atoms with E-state index in [0.29, 0.717) is 11.3 Å². The molecule has 1 aromatic rings. The van der Waals surface area contributed by atoms with E-state index in [1.807, 2.05) is 0 Å². The topological polar surface area (TPSA) is 88.6 Å². The van der Waals surface area contributed by atoms with Gasteiger partial charge in [-0.3, -0.25) is 0 Å². The molecular weight excluding hydrogens is 295 g/mol. The molecule has 0 spiro atoms. The summed E-state index contributed by atoms with van der Waals surface area (Å²) in [6.07, 6.45) is -4.51. The summed E-state index contributed by atoms with van der Waals surface area (Å²) in [4.78, 5) is 11.5. The van der Waals surface area contributed by atoms with Crippen LogP contribution in [-0.2, 0) is 27.4 Å². The van der Waals surface area contributed by atoms with Gasteiger partial charge in [0.1, 0.15) is 12.4 Å². The highest BCUT2D eigenvalue weighted by molar-refractivity contribution is 5.90. The minimum absolute atomic E-state index is 0.0576. The van der Waals surface area contributed by atoms with Crippen LogP contribution in [0.2, 0.25) is 0 Å². The molecule has 0 saturated carbocycles. The van der Waals surface area contributed by atoms with E-state index >= 15 is 0 Å². The summed E-state index contributed by atoms with van der Waals surface area (Å²) in [5.41, 5.74) is 5.36. The molecule has 0 amide bonds. The highest BCUT2D eigenvalue weighted by Gasteiger charge is 2.32. The molecule has 0 unspecified atom stereocenters. The van der Waals surface area contributed by atoms with Crippen LogP contribution in [0.5, 0.6) is 0 Å². The highest BCUT2D eigenvalue weighted by Crippen LogP contribution is 2.24. The summed E-state index contributed by atoms with van der Waals surface area (Å²) in [5, 5.41) is 3.55. The van der Waals surface area contributed by atoms with Crippen molar-refractivity contribution in [2.45, 2.75) is 19.3 Å². The van der Waals surface area contributed by atoms with E-state index < -0.39 is 18.7 Å². The predicted octanol–water partition coefficient (Wildman–Crippen LogP) is 0.977. The molecular formula is C11H16F3N3O4. The van der Waals surface area contributed by atoms with Crippen LogP contribution in [0.1, 0.15) is 16.1 Å². The molecule has 21 heavy (non-hydrogen) atoms. The van der Waals surface area contributed by atoms with Gasteiger partial charge in [-0.05, 0) is 0 Å². The van der Waals surface area contributed by atoms with Crippen LogP contribution in [0.4, 0.5) is 19.0 Å². The maximum atomic E-state index is 12.4. The summed E-state index contributed by atoms with van der Waals surface area (Å²) < 4.78 is 52.2. The third-order valence-corrected chi connectivity index (χ3v) is 2.48. The number of hydrogen-bond donors (Lipinski definition) is 1. The zero-order valence-corrected chi connectivity index (χ0v) is 11.6. The fourth-order valence-electron chi connectivity index (χ4n) is 1.52. The van der Waals surface area contributed by atoms with E-state index in [9.17, 15) is 18.0 Å². The van der Waals surface area contributed by atoms with Gasteiger partial charge in [-0.2, -0.15) is 18.3 Å². The Morgan fingerprint density at radius 3 is 2.52 bits per heavy atom. The lowest BCUT2D eigenvalue weighted by molar-refractivity contribution is -0.142. The Morgan fingerprint density at radius 1 is 1.33 bits per heavy atom. The monoisotopic (exact) mass is 311 g/mol. The Hall–Kier alpha value is -1.81. The van der Waals surface area contributed by atoms with Crippen molar-refractivity contribution in [2.24, 2.45) is 0 Å². The van der Waals surface area contributed by atoms with Crippen LogP contribution in [0.3, 0.4) is 0 Å². The molecule has 0 aliphatic carbocycles. The van der Waals surface area contributed by atoms with Crippen molar-refractivity contribution in [2.75, 3.05) is 33.2 Å². The van der Waals surface area contributed by atoms with Gasteiger partial charge in [-0.25, -0.2) is 9.48 Å². The molecule has 0 aliphatic heterocycles. The molecule has 7 nitrogen and oxygen atoms in total. The summed E-state index contributed by atoms with van der Waals surface area (Å²) in [5.74, 6) is -1.17. The van der Waals surface area contributed by atoms with Gasteiger partial charge < -0.3 is 19.9 Å². The number of esters is 1. The van der Waals surface area contributed by atoms with Crippen LogP contribution in [0.15, 0.2) is 0 Å². The lowest BCUT2D eigenvalue weighted by Gasteiger charge is -2.08. The molecule has 0 bridgehead atoms. The third kappa shape index (κ3) is 4.90. The van der Waals surface area contributed by atoms with Crippen LogP contribution in [-0.4, -0.2) is 49.4 Å². The number of aromatic nitrogens is 2. The van der Waals surface area contributed by atoms with Crippen molar-refractivity contribution in [3.63, 3.8) is 0 Å². The Kier molecular flexibility index (Phi) is 5.97. The fourth-order valence-corrected chi connectivity index (χ4v) is 1.52. The SMILES string of the molecule is COCCOCc1c(C(=O)OC)nn(CC(F)(F)F)c1N. The Balaban J connectivity index is 2.98. The molecule has 1 aromatic heterocycles. The average molecular weight is 311 g/mol. The Labute approximate surface area is 118 Å². The maximum Gasteiger partial charge on any atom is 0.408 e. The quantitative estimate of drug-likeness (QED) is 0.596. The molecule has 120 valence electrons. The first-order valence-corrected chi connectivity index (χ1v) is 5.87. The summed E-state index contributed by atoms with van der Waals surface area (Å²) >= 11 is 0. The number of methoxy groups -OCH3 is 2. The van der Waals surface area contributed by atoms with Gasteiger partial charge in [0.15, 0.2) is 5.69 Å². The number of nitrogens with zero attached hydrogens (tertiary/aromatic N) is 2. The van der Waals surface area contributed by atoms with Crippen LogP contribution >= 0.6 is 0 Å². The largest absolute Gasteiger partial charge is 0.464 e. The number of alkyl halides is 3. The number of nitrogens with two attached hydrogens (primary N) is 1. The normalized spacial score (nSPS) is 11.7. The van der Waals surface area contributed by atoms with E-state index in [1.54, 1.807) is 0 Å².